The maximum absolute atomic E-state index is 11.2. The zero-order chi connectivity index (χ0) is 13.8. The van der Waals surface area contributed by atoms with Crippen molar-refractivity contribution in [1.82, 2.24) is 19.7 Å². The van der Waals surface area contributed by atoms with E-state index in [0.29, 0.717) is 5.75 Å². The van der Waals surface area contributed by atoms with Gasteiger partial charge in [0.1, 0.15) is 0 Å². The fraction of sp³-hybridized carbons (Fsp3) is 0.333. The van der Waals surface area contributed by atoms with E-state index in [1.54, 1.807) is 17.1 Å². The molecule has 0 saturated heterocycles. The summed E-state index contributed by atoms with van der Waals surface area (Å²) >= 11 is 0. The van der Waals surface area contributed by atoms with Crippen LogP contribution in [0.25, 0.3) is 0 Å². The first-order valence-electron chi connectivity index (χ1n) is 5.72. The second-order valence-corrected chi connectivity index (χ2v) is 4.08. The highest BCUT2D eigenvalue weighted by atomic mass is 16.5. The molecule has 0 fully saturated rings. The van der Waals surface area contributed by atoms with Gasteiger partial charge < -0.3 is 9.47 Å². The molecule has 0 bridgehead atoms. The van der Waals surface area contributed by atoms with Crippen LogP contribution in [0.4, 0.5) is 0 Å². The van der Waals surface area contributed by atoms with E-state index in [1.165, 1.54) is 19.5 Å². The third-order valence-corrected chi connectivity index (χ3v) is 2.35. The molecule has 7 nitrogen and oxygen atoms in total. The molecule has 7 heteroatoms. The second-order valence-electron chi connectivity index (χ2n) is 4.08. The minimum atomic E-state index is -0.535. The summed E-state index contributed by atoms with van der Waals surface area (Å²) in [7, 11) is 1.29. The van der Waals surface area contributed by atoms with Gasteiger partial charge in [-0.25, -0.2) is 14.8 Å². The number of aromatic nitrogens is 4. The molecule has 0 radical (unpaired) electrons. The number of esters is 1. The summed E-state index contributed by atoms with van der Waals surface area (Å²) in [5.74, 6) is 0.316. The van der Waals surface area contributed by atoms with E-state index < -0.39 is 5.97 Å². The van der Waals surface area contributed by atoms with Crippen molar-refractivity contribution in [2.45, 2.75) is 19.9 Å². The molecule has 2 aromatic heterocycles. The summed E-state index contributed by atoms with van der Waals surface area (Å²) in [5, 5.41) is 4.14. The molecule has 0 saturated carbocycles. The average Bonchev–Trinajstić information content (AvgIpc) is 2.87. The second kappa shape index (κ2) is 5.47. The molecule has 0 unspecified atom stereocenters. The van der Waals surface area contributed by atoms with Crippen LogP contribution in [0.1, 0.15) is 30.4 Å². The Hall–Kier alpha value is -2.44. The van der Waals surface area contributed by atoms with E-state index in [1.807, 2.05) is 13.8 Å². The highest BCUT2D eigenvalue weighted by Crippen LogP contribution is 2.19. The summed E-state index contributed by atoms with van der Waals surface area (Å²) in [6.07, 6.45) is 6.02. The van der Waals surface area contributed by atoms with E-state index in [0.717, 1.165) is 0 Å². The maximum Gasteiger partial charge on any atom is 0.358 e. The molecular weight excluding hydrogens is 248 g/mol. The van der Waals surface area contributed by atoms with Crippen molar-refractivity contribution in [2.24, 2.45) is 0 Å². The number of methoxy groups -OCH3 is 1. The summed E-state index contributed by atoms with van der Waals surface area (Å²) in [6, 6.07) is 0.255. The molecule has 2 heterocycles. The third-order valence-electron chi connectivity index (χ3n) is 2.35. The minimum Gasteiger partial charge on any atom is -0.464 e. The van der Waals surface area contributed by atoms with Crippen molar-refractivity contribution in [1.29, 1.82) is 0 Å². The van der Waals surface area contributed by atoms with Gasteiger partial charge in [0.05, 0.1) is 31.9 Å². The predicted octanol–water partition coefficient (Wildman–Crippen LogP) is 1.83. The lowest BCUT2D eigenvalue weighted by molar-refractivity contribution is 0.0593. The van der Waals surface area contributed by atoms with E-state index in [-0.39, 0.29) is 17.6 Å². The van der Waals surface area contributed by atoms with Gasteiger partial charge >= 0.3 is 5.97 Å². The summed E-state index contributed by atoms with van der Waals surface area (Å²) in [5.41, 5.74) is 0.132. The van der Waals surface area contributed by atoms with Gasteiger partial charge in [-0.1, -0.05) is 0 Å². The van der Waals surface area contributed by atoms with Crippen LogP contribution in [-0.2, 0) is 4.74 Å². The van der Waals surface area contributed by atoms with E-state index >= 15 is 0 Å². The van der Waals surface area contributed by atoms with Gasteiger partial charge in [-0.3, -0.25) is 4.68 Å². The van der Waals surface area contributed by atoms with Gasteiger partial charge in [-0.15, -0.1) is 0 Å². The van der Waals surface area contributed by atoms with E-state index in [4.69, 9.17) is 4.74 Å². The first-order valence-corrected chi connectivity index (χ1v) is 5.72. The molecule has 0 spiro atoms. The predicted molar refractivity (Wildman–Crippen MR) is 66.1 cm³/mol. The Morgan fingerprint density at radius 3 is 2.58 bits per heavy atom. The lowest BCUT2D eigenvalue weighted by Gasteiger charge is -2.04. The molecule has 0 aromatic carbocycles. The van der Waals surface area contributed by atoms with Crippen molar-refractivity contribution in [2.75, 3.05) is 7.11 Å². The van der Waals surface area contributed by atoms with Crippen LogP contribution in [0.5, 0.6) is 11.6 Å². The largest absolute Gasteiger partial charge is 0.464 e. The Morgan fingerprint density at radius 2 is 2.05 bits per heavy atom. The number of nitrogens with zero attached hydrogens (tertiary/aromatic N) is 4. The van der Waals surface area contributed by atoms with Crippen LogP contribution < -0.4 is 4.74 Å². The number of hydrogen-bond acceptors (Lipinski definition) is 6. The third kappa shape index (κ3) is 3.06. The Balaban J connectivity index is 2.08. The number of hydrogen-bond donors (Lipinski definition) is 0. The summed E-state index contributed by atoms with van der Waals surface area (Å²) < 4.78 is 11.8. The number of ether oxygens (including phenoxy) is 2. The van der Waals surface area contributed by atoms with Crippen molar-refractivity contribution in [3.63, 3.8) is 0 Å². The van der Waals surface area contributed by atoms with Crippen molar-refractivity contribution >= 4 is 5.97 Å². The Morgan fingerprint density at radius 1 is 1.26 bits per heavy atom. The SMILES string of the molecule is COC(=O)c1cnc(Oc2cnn(C(C)C)c2)cn1. The average molecular weight is 262 g/mol. The smallest absolute Gasteiger partial charge is 0.358 e. The van der Waals surface area contributed by atoms with E-state index in [2.05, 4.69) is 19.8 Å². The van der Waals surface area contributed by atoms with Gasteiger partial charge in [0.25, 0.3) is 0 Å². The van der Waals surface area contributed by atoms with Crippen LogP contribution in [-0.4, -0.2) is 32.8 Å². The van der Waals surface area contributed by atoms with Crippen LogP contribution in [0.15, 0.2) is 24.8 Å². The monoisotopic (exact) mass is 262 g/mol. The van der Waals surface area contributed by atoms with Crippen LogP contribution in [0.3, 0.4) is 0 Å². The first kappa shape index (κ1) is 13.0. The topological polar surface area (TPSA) is 79.1 Å². The molecule has 0 N–H and O–H groups in total. The Labute approximate surface area is 110 Å². The van der Waals surface area contributed by atoms with E-state index in [9.17, 15) is 4.79 Å². The fourth-order valence-corrected chi connectivity index (χ4v) is 1.36. The van der Waals surface area contributed by atoms with Gasteiger partial charge in [0, 0.05) is 6.04 Å². The van der Waals surface area contributed by atoms with Crippen molar-refractivity contribution in [3.8, 4) is 11.6 Å². The number of carbonyl (C=O) groups is 1. The summed E-state index contributed by atoms with van der Waals surface area (Å²) in [6.45, 7) is 4.03. The molecule has 100 valence electrons. The molecule has 0 amide bonds. The molecule has 0 aliphatic heterocycles. The Bertz CT molecular complexity index is 563. The minimum absolute atomic E-state index is 0.132. The van der Waals surface area contributed by atoms with Crippen molar-refractivity contribution < 1.29 is 14.3 Å². The normalized spacial score (nSPS) is 10.5. The van der Waals surface area contributed by atoms with Gasteiger partial charge in [-0.2, -0.15) is 5.10 Å². The molecular formula is C12H14N4O3. The molecule has 0 aliphatic rings. The first-order chi connectivity index (χ1) is 9.10. The summed E-state index contributed by atoms with van der Waals surface area (Å²) in [4.78, 5) is 19.1. The van der Waals surface area contributed by atoms with Crippen LogP contribution in [0, 0.1) is 0 Å². The lowest BCUT2D eigenvalue weighted by Crippen LogP contribution is -2.04. The molecule has 2 rings (SSSR count). The fourth-order valence-electron chi connectivity index (χ4n) is 1.36. The molecule has 19 heavy (non-hydrogen) atoms. The highest BCUT2D eigenvalue weighted by Gasteiger charge is 2.09. The number of rotatable bonds is 4. The highest BCUT2D eigenvalue weighted by molar-refractivity contribution is 5.86. The van der Waals surface area contributed by atoms with Gasteiger partial charge in [-0.05, 0) is 13.8 Å². The Kier molecular flexibility index (Phi) is 3.74. The molecule has 0 aliphatic carbocycles. The standard InChI is InChI=1S/C12H14N4O3/c1-8(2)16-7-9(4-15-16)19-11-6-13-10(5-14-11)12(17)18-3/h4-8H,1-3H3. The van der Waals surface area contributed by atoms with Crippen molar-refractivity contribution in [3.05, 3.63) is 30.5 Å². The molecule has 2 aromatic rings. The molecule has 0 atom stereocenters. The van der Waals surface area contributed by atoms with Gasteiger partial charge in [0.15, 0.2) is 11.4 Å². The maximum atomic E-state index is 11.2. The van der Waals surface area contributed by atoms with Crippen LogP contribution in [0.2, 0.25) is 0 Å². The number of carbonyl (C=O) groups excluding carboxylic acids is 1. The lowest BCUT2D eigenvalue weighted by atomic mass is 10.4. The zero-order valence-corrected chi connectivity index (χ0v) is 10.9. The zero-order valence-electron chi connectivity index (χ0n) is 10.9. The van der Waals surface area contributed by atoms with Crippen LogP contribution >= 0.6 is 0 Å². The quantitative estimate of drug-likeness (QED) is 0.782. The van der Waals surface area contributed by atoms with Gasteiger partial charge in [0.2, 0.25) is 5.88 Å².